The molecule has 19 heavy (non-hydrogen) atoms. The van der Waals surface area contributed by atoms with Gasteiger partial charge in [0.05, 0.1) is 4.92 Å². The number of hydrogen-bond donors (Lipinski definition) is 2. The number of Topliss-reactive ketones (excluding diaryl/α,β-unsaturated/α-hetero) is 1. The van der Waals surface area contributed by atoms with Gasteiger partial charge in [0, 0.05) is 17.2 Å². The standard InChI is InChI=1S/C13H11NO5/c15-11-8-10(6-7-13(11,17)14(18)19)12(16)9-4-2-1-3-5-9/h1-8,11,15,17H. The van der Waals surface area contributed by atoms with Crippen LogP contribution in [0.4, 0.5) is 0 Å². The lowest BCUT2D eigenvalue weighted by Crippen LogP contribution is -2.48. The summed E-state index contributed by atoms with van der Waals surface area (Å²) in [6.07, 6.45) is 1.17. The summed E-state index contributed by atoms with van der Waals surface area (Å²) in [6.45, 7) is 0. The third-order valence-corrected chi connectivity index (χ3v) is 2.87. The number of carbonyl (C=O) groups is 1. The molecule has 1 aliphatic rings. The molecule has 6 nitrogen and oxygen atoms in total. The fourth-order valence-electron chi connectivity index (χ4n) is 1.74. The minimum atomic E-state index is -2.58. The van der Waals surface area contributed by atoms with Crippen LogP contribution >= 0.6 is 0 Å². The zero-order valence-electron chi connectivity index (χ0n) is 9.76. The summed E-state index contributed by atoms with van der Waals surface area (Å²) in [5, 5.41) is 29.9. The van der Waals surface area contributed by atoms with E-state index in [0.717, 1.165) is 18.2 Å². The van der Waals surface area contributed by atoms with Crippen LogP contribution in [0.2, 0.25) is 0 Å². The average molecular weight is 261 g/mol. The van der Waals surface area contributed by atoms with Crippen molar-refractivity contribution in [1.29, 1.82) is 0 Å². The van der Waals surface area contributed by atoms with Crippen LogP contribution in [0.25, 0.3) is 0 Å². The van der Waals surface area contributed by atoms with Gasteiger partial charge in [0.15, 0.2) is 11.9 Å². The Morgan fingerprint density at radius 2 is 1.95 bits per heavy atom. The van der Waals surface area contributed by atoms with E-state index in [4.69, 9.17) is 0 Å². The summed E-state index contributed by atoms with van der Waals surface area (Å²) >= 11 is 0. The maximum atomic E-state index is 12.0. The third-order valence-electron chi connectivity index (χ3n) is 2.87. The number of aliphatic hydroxyl groups excluding tert-OH is 1. The minimum Gasteiger partial charge on any atom is -0.379 e. The normalized spacial score (nSPS) is 25.8. The van der Waals surface area contributed by atoms with E-state index >= 15 is 0 Å². The SMILES string of the molecule is O=C(C1=CC(O)C(O)([N+](=O)[O-])C=C1)c1ccccc1. The molecule has 2 unspecified atom stereocenters. The summed E-state index contributed by atoms with van der Waals surface area (Å²) in [5.74, 6) is -0.374. The highest BCUT2D eigenvalue weighted by molar-refractivity contribution is 6.10. The van der Waals surface area contributed by atoms with E-state index in [1.54, 1.807) is 30.3 Å². The van der Waals surface area contributed by atoms with Crippen molar-refractivity contribution in [3.63, 3.8) is 0 Å². The second-order valence-electron chi connectivity index (χ2n) is 4.14. The van der Waals surface area contributed by atoms with Crippen molar-refractivity contribution < 1.29 is 19.9 Å². The summed E-state index contributed by atoms with van der Waals surface area (Å²) < 4.78 is 0. The molecule has 0 saturated heterocycles. The monoisotopic (exact) mass is 261 g/mol. The molecule has 1 aromatic rings. The van der Waals surface area contributed by atoms with Crippen LogP contribution < -0.4 is 0 Å². The molecule has 98 valence electrons. The lowest BCUT2D eigenvalue weighted by Gasteiger charge is -2.22. The minimum absolute atomic E-state index is 0.102. The molecule has 1 aliphatic carbocycles. The van der Waals surface area contributed by atoms with Gasteiger partial charge in [-0.2, -0.15) is 0 Å². The number of nitro groups is 1. The molecule has 1 aromatic carbocycles. The number of rotatable bonds is 3. The van der Waals surface area contributed by atoms with Gasteiger partial charge in [-0.3, -0.25) is 14.9 Å². The highest BCUT2D eigenvalue weighted by Crippen LogP contribution is 2.24. The second kappa shape index (κ2) is 4.75. The molecule has 0 radical (unpaired) electrons. The van der Waals surface area contributed by atoms with E-state index in [0.29, 0.717) is 5.56 Å². The first-order chi connectivity index (χ1) is 8.95. The van der Waals surface area contributed by atoms with E-state index < -0.39 is 16.8 Å². The van der Waals surface area contributed by atoms with Crippen molar-refractivity contribution in [1.82, 2.24) is 0 Å². The Labute approximate surface area is 108 Å². The number of allylic oxidation sites excluding steroid dienone is 2. The lowest BCUT2D eigenvalue weighted by atomic mass is 9.92. The Bertz CT molecular complexity index is 578. The highest BCUT2D eigenvalue weighted by atomic mass is 16.7. The van der Waals surface area contributed by atoms with E-state index in [1.165, 1.54) is 0 Å². The van der Waals surface area contributed by atoms with E-state index in [-0.39, 0.29) is 11.4 Å². The van der Waals surface area contributed by atoms with Gasteiger partial charge < -0.3 is 10.2 Å². The molecular formula is C13H11NO5. The first-order valence-electron chi connectivity index (χ1n) is 5.51. The Morgan fingerprint density at radius 1 is 1.32 bits per heavy atom. The lowest BCUT2D eigenvalue weighted by molar-refractivity contribution is -0.618. The molecule has 0 amide bonds. The van der Waals surface area contributed by atoms with Crippen molar-refractivity contribution in [3.05, 3.63) is 69.8 Å². The molecule has 2 N–H and O–H groups in total. The number of hydrogen-bond acceptors (Lipinski definition) is 5. The maximum Gasteiger partial charge on any atom is 0.371 e. The maximum absolute atomic E-state index is 12.0. The van der Waals surface area contributed by atoms with Gasteiger partial charge in [-0.1, -0.05) is 30.3 Å². The van der Waals surface area contributed by atoms with Crippen LogP contribution in [0.3, 0.4) is 0 Å². The summed E-state index contributed by atoms with van der Waals surface area (Å²) in [5.41, 5.74) is -2.08. The van der Waals surface area contributed by atoms with Crippen molar-refractivity contribution in [2.45, 2.75) is 11.8 Å². The molecule has 2 atom stereocenters. The molecule has 0 saturated carbocycles. The Kier molecular flexibility index (Phi) is 3.28. The topological polar surface area (TPSA) is 101 Å². The average Bonchev–Trinajstić information content (AvgIpc) is 2.42. The number of benzene rings is 1. The van der Waals surface area contributed by atoms with Gasteiger partial charge in [-0.25, -0.2) is 0 Å². The largest absolute Gasteiger partial charge is 0.379 e. The van der Waals surface area contributed by atoms with Gasteiger partial charge in [0.2, 0.25) is 0 Å². The van der Waals surface area contributed by atoms with Gasteiger partial charge >= 0.3 is 5.72 Å². The van der Waals surface area contributed by atoms with E-state index in [2.05, 4.69) is 0 Å². The van der Waals surface area contributed by atoms with Crippen molar-refractivity contribution in [3.8, 4) is 0 Å². The van der Waals surface area contributed by atoms with Gasteiger partial charge in [0.1, 0.15) is 0 Å². The smallest absolute Gasteiger partial charge is 0.371 e. The highest BCUT2D eigenvalue weighted by Gasteiger charge is 2.47. The van der Waals surface area contributed by atoms with E-state index in [9.17, 15) is 25.1 Å². The summed E-state index contributed by atoms with van der Waals surface area (Å²) in [7, 11) is 0. The van der Waals surface area contributed by atoms with Gasteiger partial charge in [-0.15, -0.1) is 0 Å². The number of ketones is 1. The zero-order chi connectivity index (χ0) is 14.0. The fraction of sp³-hybridized carbons (Fsp3) is 0.154. The van der Waals surface area contributed by atoms with Crippen molar-refractivity contribution in [2.24, 2.45) is 0 Å². The third kappa shape index (κ3) is 2.31. The molecule has 0 aromatic heterocycles. The molecule has 0 heterocycles. The van der Waals surface area contributed by atoms with E-state index in [1.807, 2.05) is 0 Å². The molecule has 0 bridgehead atoms. The van der Waals surface area contributed by atoms with Gasteiger partial charge in [-0.05, 0) is 12.2 Å². The first kappa shape index (κ1) is 13.1. The van der Waals surface area contributed by atoms with Crippen LogP contribution in [0.5, 0.6) is 0 Å². The molecule has 0 aliphatic heterocycles. The molecule has 0 spiro atoms. The number of aliphatic hydroxyl groups is 2. The predicted octanol–water partition coefficient (Wildman–Crippen LogP) is 0.692. The predicted molar refractivity (Wildman–Crippen MR) is 65.9 cm³/mol. The van der Waals surface area contributed by atoms with Crippen molar-refractivity contribution in [2.75, 3.05) is 0 Å². The van der Waals surface area contributed by atoms with Crippen LogP contribution in [0, 0.1) is 10.1 Å². The quantitative estimate of drug-likeness (QED) is 0.361. The fourth-order valence-corrected chi connectivity index (χ4v) is 1.74. The van der Waals surface area contributed by atoms with Gasteiger partial charge in [0.25, 0.3) is 0 Å². The zero-order valence-corrected chi connectivity index (χ0v) is 9.76. The van der Waals surface area contributed by atoms with Crippen LogP contribution in [0.1, 0.15) is 10.4 Å². The number of nitrogens with zero attached hydrogens (tertiary/aromatic N) is 1. The number of carbonyl (C=O) groups excluding carboxylic acids is 1. The molecule has 0 fully saturated rings. The van der Waals surface area contributed by atoms with Crippen molar-refractivity contribution >= 4 is 5.78 Å². The summed E-state index contributed by atoms with van der Waals surface area (Å²) in [6, 6.07) is 8.31. The van der Waals surface area contributed by atoms with Crippen LogP contribution in [-0.2, 0) is 0 Å². The second-order valence-corrected chi connectivity index (χ2v) is 4.14. The Hall–Kier alpha value is -2.31. The Morgan fingerprint density at radius 3 is 2.47 bits per heavy atom. The molecule has 2 rings (SSSR count). The van der Waals surface area contributed by atoms with Crippen LogP contribution in [-0.4, -0.2) is 32.7 Å². The summed E-state index contributed by atoms with van der Waals surface area (Å²) in [4.78, 5) is 21.7. The molecule has 6 heteroatoms. The Balaban J connectivity index is 2.29. The van der Waals surface area contributed by atoms with Crippen LogP contribution in [0.15, 0.2) is 54.1 Å². The first-order valence-corrected chi connectivity index (χ1v) is 5.51. The molecular weight excluding hydrogens is 250 g/mol.